The van der Waals surface area contributed by atoms with E-state index in [2.05, 4.69) is 0 Å². The molecule has 1 aromatic carbocycles. The molecule has 0 aromatic heterocycles. The first-order chi connectivity index (χ1) is 7.49. The van der Waals surface area contributed by atoms with Crippen molar-refractivity contribution in [2.45, 2.75) is 11.8 Å². The predicted molar refractivity (Wildman–Crippen MR) is 61.5 cm³/mol. The van der Waals surface area contributed by atoms with Crippen LogP contribution in [0.25, 0.3) is 0 Å². The lowest BCUT2D eigenvalue weighted by Crippen LogP contribution is -2.15. The highest BCUT2D eigenvalue weighted by atomic mass is 32.2. The van der Waals surface area contributed by atoms with Gasteiger partial charge in [0.2, 0.25) is 0 Å². The molecule has 0 bridgehead atoms. The number of rotatable bonds is 4. The quantitative estimate of drug-likeness (QED) is 0.873. The first-order valence-corrected chi connectivity index (χ1v) is 6.42. The molecule has 3 nitrogen and oxygen atoms in total. The number of hydrogen-bond acceptors (Lipinski definition) is 3. The zero-order chi connectivity index (χ0) is 12.2. The van der Waals surface area contributed by atoms with Crippen LogP contribution in [0.15, 0.2) is 41.1 Å². The van der Waals surface area contributed by atoms with E-state index in [9.17, 15) is 12.8 Å². The van der Waals surface area contributed by atoms with Crippen molar-refractivity contribution in [1.82, 2.24) is 0 Å². The molecule has 0 aliphatic carbocycles. The fourth-order valence-electron chi connectivity index (χ4n) is 1.27. The number of aryl methyl sites for hydroxylation is 1. The van der Waals surface area contributed by atoms with Crippen LogP contribution in [0.1, 0.15) is 5.56 Å². The van der Waals surface area contributed by atoms with Crippen LogP contribution in [0.3, 0.4) is 0 Å². The number of halogens is 1. The van der Waals surface area contributed by atoms with Gasteiger partial charge in [0, 0.05) is 6.54 Å². The molecule has 0 atom stereocenters. The molecule has 2 N–H and O–H groups in total. The summed E-state index contributed by atoms with van der Waals surface area (Å²) < 4.78 is 36.0. The maximum Gasteiger partial charge on any atom is 0.182 e. The second-order valence-electron chi connectivity index (χ2n) is 3.55. The van der Waals surface area contributed by atoms with Gasteiger partial charge in [0.1, 0.15) is 0 Å². The van der Waals surface area contributed by atoms with Gasteiger partial charge in [0.05, 0.1) is 17.0 Å². The van der Waals surface area contributed by atoms with E-state index in [1.807, 2.05) is 0 Å². The van der Waals surface area contributed by atoms with Crippen molar-refractivity contribution < 1.29 is 12.8 Å². The lowest BCUT2D eigenvalue weighted by Gasteiger charge is -2.06. The fraction of sp³-hybridized carbons (Fsp3) is 0.273. The molecule has 0 aliphatic rings. The van der Waals surface area contributed by atoms with Crippen molar-refractivity contribution in [2.24, 2.45) is 5.73 Å². The molecule has 0 heterocycles. The normalized spacial score (nSPS) is 12.8. The smallest absolute Gasteiger partial charge is 0.182 e. The third-order valence-corrected chi connectivity index (χ3v) is 3.86. The van der Waals surface area contributed by atoms with E-state index in [0.29, 0.717) is 0 Å². The summed E-state index contributed by atoms with van der Waals surface area (Å²) in [5, 5.41) is 0. The summed E-state index contributed by atoms with van der Waals surface area (Å²) in [7, 11) is -3.49. The first kappa shape index (κ1) is 12.9. The summed E-state index contributed by atoms with van der Waals surface area (Å²) in [6.07, 6.45) is 0.257. The van der Waals surface area contributed by atoms with E-state index in [-0.39, 0.29) is 29.1 Å². The Labute approximate surface area is 94.7 Å². The Morgan fingerprint density at radius 2 is 2.19 bits per heavy atom. The van der Waals surface area contributed by atoms with Gasteiger partial charge in [-0.15, -0.1) is 0 Å². The highest BCUT2D eigenvalue weighted by Crippen LogP contribution is 2.15. The third kappa shape index (κ3) is 3.15. The molecule has 16 heavy (non-hydrogen) atoms. The second kappa shape index (κ2) is 5.23. The standard InChI is InChI=1S/C11H14FNO2S/c1-9-3-2-4-11(5-9)16(14,15)8-10(6-12)7-13/h2-6H,7-8,13H2,1H3/b10-6+. The minimum absolute atomic E-state index is 0.0708. The topological polar surface area (TPSA) is 60.2 Å². The number of sulfone groups is 1. The average Bonchev–Trinajstić information content (AvgIpc) is 2.26. The van der Waals surface area contributed by atoms with Gasteiger partial charge in [-0.1, -0.05) is 12.1 Å². The number of nitrogens with two attached hydrogens (primary N) is 1. The fourth-order valence-corrected chi connectivity index (χ4v) is 2.76. The van der Waals surface area contributed by atoms with E-state index in [1.54, 1.807) is 25.1 Å². The molecule has 5 heteroatoms. The molecule has 0 unspecified atom stereocenters. The van der Waals surface area contributed by atoms with Crippen LogP contribution in [-0.2, 0) is 9.84 Å². The molecule has 0 spiro atoms. The van der Waals surface area contributed by atoms with Crippen LogP contribution in [0.4, 0.5) is 4.39 Å². The largest absolute Gasteiger partial charge is 0.327 e. The Kier molecular flexibility index (Phi) is 4.20. The summed E-state index contributed by atoms with van der Waals surface area (Å²) >= 11 is 0. The second-order valence-corrected chi connectivity index (χ2v) is 5.54. The van der Waals surface area contributed by atoms with Crippen molar-refractivity contribution in [3.05, 3.63) is 41.7 Å². The molecular formula is C11H14FNO2S. The molecule has 0 saturated carbocycles. The molecule has 0 saturated heterocycles. The van der Waals surface area contributed by atoms with E-state index < -0.39 is 9.84 Å². The minimum atomic E-state index is -3.49. The van der Waals surface area contributed by atoms with E-state index >= 15 is 0 Å². The molecule has 0 fully saturated rings. The molecule has 0 radical (unpaired) electrons. The van der Waals surface area contributed by atoms with Crippen LogP contribution >= 0.6 is 0 Å². The lowest BCUT2D eigenvalue weighted by molar-refractivity contribution is 0.596. The van der Waals surface area contributed by atoms with Crippen molar-refractivity contribution in [3.63, 3.8) is 0 Å². The molecule has 0 amide bonds. The van der Waals surface area contributed by atoms with Gasteiger partial charge in [0.15, 0.2) is 9.84 Å². The van der Waals surface area contributed by atoms with Crippen LogP contribution in [0, 0.1) is 6.92 Å². The summed E-state index contributed by atoms with van der Waals surface area (Å²) in [5.41, 5.74) is 6.14. The van der Waals surface area contributed by atoms with Gasteiger partial charge < -0.3 is 5.73 Å². The number of benzene rings is 1. The highest BCUT2D eigenvalue weighted by Gasteiger charge is 2.16. The van der Waals surface area contributed by atoms with Gasteiger partial charge in [0.25, 0.3) is 0 Å². The molecule has 1 rings (SSSR count). The molecule has 0 aliphatic heterocycles. The van der Waals surface area contributed by atoms with Gasteiger partial charge >= 0.3 is 0 Å². The van der Waals surface area contributed by atoms with Gasteiger partial charge in [-0.2, -0.15) is 0 Å². The Morgan fingerprint density at radius 3 is 2.69 bits per heavy atom. The van der Waals surface area contributed by atoms with E-state index in [0.717, 1.165) is 5.56 Å². The number of hydrogen-bond donors (Lipinski definition) is 1. The Bertz CT molecular complexity index is 494. The Morgan fingerprint density at radius 1 is 1.50 bits per heavy atom. The summed E-state index contributed by atoms with van der Waals surface area (Å²) in [4.78, 5) is 0.195. The van der Waals surface area contributed by atoms with E-state index in [1.165, 1.54) is 6.07 Å². The van der Waals surface area contributed by atoms with Crippen molar-refractivity contribution in [1.29, 1.82) is 0 Å². The van der Waals surface area contributed by atoms with Gasteiger partial charge in [-0.25, -0.2) is 12.8 Å². The average molecular weight is 243 g/mol. The van der Waals surface area contributed by atoms with Crippen LogP contribution < -0.4 is 5.73 Å². The SMILES string of the molecule is Cc1cccc(S(=O)(=O)C/C(=C/F)CN)c1. The van der Waals surface area contributed by atoms with Crippen molar-refractivity contribution in [2.75, 3.05) is 12.3 Å². The van der Waals surface area contributed by atoms with Crippen molar-refractivity contribution >= 4 is 9.84 Å². The third-order valence-electron chi connectivity index (χ3n) is 2.14. The summed E-state index contributed by atoms with van der Waals surface area (Å²) in [6.45, 7) is 1.70. The first-order valence-electron chi connectivity index (χ1n) is 4.77. The Hall–Kier alpha value is -1.20. The van der Waals surface area contributed by atoms with Crippen LogP contribution in [0.5, 0.6) is 0 Å². The zero-order valence-corrected chi connectivity index (χ0v) is 9.80. The molecule has 88 valence electrons. The lowest BCUT2D eigenvalue weighted by atomic mass is 10.2. The zero-order valence-electron chi connectivity index (χ0n) is 8.98. The predicted octanol–water partition coefficient (Wildman–Crippen LogP) is 1.58. The van der Waals surface area contributed by atoms with Crippen molar-refractivity contribution in [3.8, 4) is 0 Å². The minimum Gasteiger partial charge on any atom is -0.327 e. The van der Waals surface area contributed by atoms with Crippen LogP contribution in [-0.4, -0.2) is 20.7 Å². The molecular weight excluding hydrogens is 229 g/mol. The van der Waals surface area contributed by atoms with Gasteiger partial charge in [-0.3, -0.25) is 0 Å². The molecule has 1 aromatic rings. The summed E-state index contributed by atoms with van der Waals surface area (Å²) in [6, 6.07) is 6.51. The van der Waals surface area contributed by atoms with E-state index in [4.69, 9.17) is 5.73 Å². The maximum absolute atomic E-state index is 12.3. The summed E-state index contributed by atoms with van der Waals surface area (Å²) in [5.74, 6) is -0.372. The Balaban J connectivity index is 3.03. The maximum atomic E-state index is 12.3. The van der Waals surface area contributed by atoms with Gasteiger partial charge in [-0.05, 0) is 30.2 Å². The monoisotopic (exact) mass is 243 g/mol. The van der Waals surface area contributed by atoms with Crippen LogP contribution in [0.2, 0.25) is 0 Å². The highest BCUT2D eigenvalue weighted by molar-refractivity contribution is 7.91.